The highest BCUT2D eigenvalue weighted by molar-refractivity contribution is 5.79. The zero-order valence-electron chi connectivity index (χ0n) is 18.8. The Bertz CT molecular complexity index is 658. The standard InChI is InChI=1S/C22H36F3N5O/c1-4-26-21(27-13-18(2)15-30-11-9-29(3)10-12-30)28-14-19-5-7-20(8-6-19)16-31-17-22(23,24)25/h5-8,18H,4,9-17H2,1-3H3,(H2,26,27,28). The fourth-order valence-electron chi connectivity index (χ4n) is 3.34. The van der Waals surface area contributed by atoms with Gasteiger partial charge in [0.15, 0.2) is 5.96 Å². The number of hydrogen-bond acceptors (Lipinski definition) is 4. The molecular weight excluding hydrogens is 407 g/mol. The third-order valence-corrected chi connectivity index (χ3v) is 5.11. The first-order valence-corrected chi connectivity index (χ1v) is 10.9. The molecule has 1 saturated heterocycles. The van der Waals surface area contributed by atoms with Gasteiger partial charge in [-0.05, 0) is 31.0 Å². The van der Waals surface area contributed by atoms with Crippen LogP contribution in [-0.4, -0.2) is 81.4 Å². The number of halogens is 3. The molecule has 2 rings (SSSR count). The lowest BCUT2D eigenvalue weighted by atomic mass is 10.1. The number of benzene rings is 1. The van der Waals surface area contributed by atoms with Gasteiger partial charge in [0.1, 0.15) is 6.61 Å². The molecule has 1 atom stereocenters. The molecule has 0 aliphatic carbocycles. The van der Waals surface area contributed by atoms with Gasteiger partial charge in [-0.25, -0.2) is 4.99 Å². The van der Waals surface area contributed by atoms with Gasteiger partial charge in [-0.2, -0.15) is 13.2 Å². The largest absolute Gasteiger partial charge is 0.411 e. The third kappa shape index (κ3) is 10.8. The molecule has 1 aliphatic heterocycles. The highest BCUT2D eigenvalue weighted by Crippen LogP contribution is 2.16. The smallest absolute Gasteiger partial charge is 0.367 e. The number of guanidine groups is 1. The quantitative estimate of drug-likeness (QED) is 0.430. The number of piperazine rings is 1. The second-order valence-electron chi connectivity index (χ2n) is 8.21. The minimum absolute atomic E-state index is 0.0571. The summed E-state index contributed by atoms with van der Waals surface area (Å²) in [6.07, 6.45) is -4.30. The Labute approximate surface area is 183 Å². The molecule has 0 radical (unpaired) electrons. The van der Waals surface area contributed by atoms with Crippen molar-refractivity contribution in [3.05, 3.63) is 35.4 Å². The van der Waals surface area contributed by atoms with Crippen molar-refractivity contribution in [2.75, 3.05) is 59.5 Å². The molecule has 1 aromatic rings. The average Bonchev–Trinajstić information content (AvgIpc) is 2.72. The van der Waals surface area contributed by atoms with E-state index in [0.717, 1.165) is 57.3 Å². The topological polar surface area (TPSA) is 52.1 Å². The summed E-state index contributed by atoms with van der Waals surface area (Å²) in [7, 11) is 2.16. The summed E-state index contributed by atoms with van der Waals surface area (Å²) in [6, 6.07) is 7.30. The van der Waals surface area contributed by atoms with Crippen LogP contribution < -0.4 is 10.6 Å². The van der Waals surface area contributed by atoms with Gasteiger partial charge in [0.2, 0.25) is 0 Å². The van der Waals surface area contributed by atoms with E-state index in [1.165, 1.54) is 0 Å². The van der Waals surface area contributed by atoms with Gasteiger partial charge in [-0.1, -0.05) is 31.2 Å². The first kappa shape index (κ1) is 25.4. The van der Waals surface area contributed by atoms with Gasteiger partial charge in [0.05, 0.1) is 13.2 Å². The third-order valence-electron chi connectivity index (χ3n) is 5.11. The number of hydrogen-bond donors (Lipinski definition) is 2. The Hall–Kier alpha value is -1.84. The average molecular weight is 444 g/mol. The van der Waals surface area contributed by atoms with E-state index in [4.69, 9.17) is 0 Å². The maximum Gasteiger partial charge on any atom is 0.411 e. The van der Waals surface area contributed by atoms with Gasteiger partial charge >= 0.3 is 6.18 Å². The van der Waals surface area contributed by atoms with Gasteiger partial charge < -0.3 is 25.2 Å². The second kappa shape index (κ2) is 12.9. The summed E-state index contributed by atoms with van der Waals surface area (Å²) in [4.78, 5) is 9.50. The van der Waals surface area contributed by atoms with Crippen LogP contribution in [0.4, 0.5) is 13.2 Å². The van der Waals surface area contributed by atoms with Crippen molar-refractivity contribution in [1.29, 1.82) is 0 Å². The summed E-state index contributed by atoms with van der Waals surface area (Å²) in [5.41, 5.74) is 1.70. The Morgan fingerprint density at radius 1 is 1.10 bits per heavy atom. The van der Waals surface area contributed by atoms with Crippen molar-refractivity contribution >= 4 is 5.96 Å². The highest BCUT2D eigenvalue weighted by atomic mass is 19.4. The lowest BCUT2D eigenvalue weighted by Gasteiger charge is -2.34. The Morgan fingerprint density at radius 3 is 2.35 bits per heavy atom. The van der Waals surface area contributed by atoms with Crippen LogP contribution in [0.25, 0.3) is 0 Å². The summed E-state index contributed by atoms with van der Waals surface area (Å²) >= 11 is 0. The Morgan fingerprint density at radius 2 is 1.74 bits per heavy atom. The highest BCUT2D eigenvalue weighted by Gasteiger charge is 2.27. The van der Waals surface area contributed by atoms with Crippen molar-refractivity contribution in [2.24, 2.45) is 10.9 Å². The number of rotatable bonds is 10. The van der Waals surface area contributed by atoms with E-state index < -0.39 is 12.8 Å². The van der Waals surface area contributed by atoms with Crippen LogP contribution >= 0.6 is 0 Å². The van der Waals surface area contributed by atoms with Crippen LogP contribution in [0, 0.1) is 5.92 Å². The monoisotopic (exact) mass is 443 g/mol. The van der Waals surface area contributed by atoms with E-state index >= 15 is 0 Å². The predicted molar refractivity (Wildman–Crippen MR) is 118 cm³/mol. The lowest BCUT2D eigenvalue weighted by Crippen LogP contribution is -2.47. The van der Waals surface area contributed by atoms with E-state index in [2.05, 4.69) is 44.1 Å². The van der Waals surface area contributed by atoms with Crippen molar-refractivity contribution in [3.63, 3.8) is 0 Å². The van der Waals surface area contributed by atoms with E-state index in [9.17, 15) is 13.2 Å². The second-order valence-corrected chi connectivity index (χ2v) is 8.21. The number of ether oxygens (including phenoxy) is 1. The molecule has 1 aromatic carbocycles. The van der Waals surface area contributed by atoms with Crippen LogP contribution in [0.15, 0.2) is 29.3 Å². The lowest BCUT2D eigenvalue weighted by molar-refractivity contribution is -0.176. The Kier molecular flexibility index (Phi) is 10.6. The maximum absolute atomic E-state index is 12.1. The number of nitrogens with one attached hydrogen (secondary N) is 2. The van der Waals surface area contributed by atoms with Crippen molar-refractivity contribution < 1.29 is 17.9 Å². The molecule has 31 heavy (non-hydrogen) atoms. The van der Waals surface area contributed by atoms with Crippen molar-refractivity contribution in [1.82, 2.24) is 20.4 Å². The van der Waals surface area contributed by atoms with E-state index in [1.54, 1.807) is 12.1 Å². The number of nitrogens with zero attached hydrogens (tertiary/aromatic N) is 3. The molecule has 9 heteroatoms. The van der Waals surface area contributed by atoms with Gasteiger partial charge in [0.25, 0.3) is 0 Å². The normalized spacial score (nSPS) is 17.5. The number of likely N-dealkylation sites (N-methyl/N-ethyl adjacent to an activating group) is 1. The molecule has 0 saturated carbocycles. The van der Waals surface area contributed by atoms with Crippen LogP contribution in [0.3, 0.4) is 0 Å². The minimum atomic E-state index is -4.30. The van der Waals surface area contributed by atoms with Gasteiger partial charge in [0, 0.05) is 45.8 Å². The van der Waals surface area contributed by atoms with Crippen LogP contribution in [0.5, 0.6) is 0 Å². The summed E-state index contributed by atoms with van der Waals surface area (Å²) in [6.45, 7) is 10.6. The fourth-order valence-corrected chi connectivity index (χ4v) is 3.34. The summed E-state index contributed by atoms with van der Waals surface area (Å²) in [5, 5.41) is 6.68. The molecule has 0 amide bonds. The first-order valence-electron chi connectivity index (χ1n) is 10.9. The fraction of sp³-hybridized carbons (Fsp3) is 0.682. The molecule has 0 spiro atoms. The molecule has 176 valence electrons. The zero-order chi connectivity index (χ0) is 22.7. The van der Waals surface area contributed by atoms with E-state index in [1.807, 2.05) is 19.1 Å². The summed E-state index contributed by atoms with van der Waals surface area (Å²) in [5.74, 6) is 1.27. The molecule has 6 nitrogen and oxygen atoms in total. The first-order chi connectivity index (χ1) is 14.7. The molecule has 1 aliphatic rings. The van der Waals surface area contributed by atoms with Crippen LogP contribution in [0.1, 0.15) is 25.0 Å². The van der Waals surface area contributed by atoms with Crippen molar-refractivity contribution in [3.8, 4) is 0 Å². The molecule has 1 heterocycles. The molecule has 0 aromatic heterocycles. The Balaban J connectivity index is 1.76. The van der Waals surface area contributed by atoms with Gasteiger partial charge in [-0.15, -0.1) is 0 Å². The molecule has 1 fully saturated rings. The maximum atomic E-state index is 12.1. The molecule has 0 bridgehead atoms. The van der Waals surface area contributed by atoms with Crippen LogP contribution in [-0.2, 0) is 17.9 Å². The van der Waals surface area contributed by atoms with Crippen LogP contribution in [0.2, 0.25) is 0 Å². The van der Waals surface area contributed by atoms with Crippen molar-refractivity contribution in [2.45, 2.75) is 33.2 Å². The predicted octanol–water partition coefficient (Wildman–Crippen LogP) is 2.70. The minimum Gasteiger partial charge on any atom is -0.367 e. The SMILES string of the molecule is CCNC(=NCc1ccc(COCC(F)(F)F)cc1)NCC(C)CN1CCN(C)CC1. The molecule has 1 unspecified atom stereocenters. The summed E-state index contributed by atoms with van der Waals surface area (Å²) < 4.78 is 41.1. The number of alkyl halides is 3. The van der Waals surface area contributed by atoms with E-state index in [0.29, 0.717) is 18.0 Å². The number of aliphatic imine (C=N–C) groups is 1. The molecular formula is C22H36F3N5O. The zero-order valence-corrected chi connectivity index (χ0v) is 18.8. The van der Waals surface area contributed by atoms with Gasteiger partial charge in [-0.3, -0.25) is 0 Å². The molecule has 2 N–H and O–H groups in total. The van der Waals surface area contributed by atoms with E-state index in [-0.39, 0.29) is 6.61 Å².